The Morgan fingerprint density at radius 3 is 2.40 bits per heavy atom. The first kappa shape index (κ1) is 18.6. The zero-order valence-corrected chi connectivity index (χ0v) is 14.5. The Labute approximate surface area is 148 Å². The number of carbonyl (C=O) groups is 3. The number of hydrogen-bond acceptors (Lipinski definition) is 5. The van der Waals surface area contributed by atoms with E-state index >= 15 is 0 Å². The average Bonchev–Trinajstić information content (AvgIpc) is 2.91. The summed E-state index contributed by atoms with van der Waals surface area (Å²) >= 11 is 1.47. The lowest BCUT2D eigenvalue weighted by atomic mass is 10.2. The minimum absolute atomic E-state index is 0.287. The lowest BCUT2D eigenvalue weighted by Crippen LogP contribution is -2.35. The predicted molar refractivity (Wildman–Crippen MR) is 92.1 cm³/mol. The molecule has 0 bridgehead atoms. The molecule has 1 aromatic heterocycles. The fourth-order valence-electron chi connectivity index (χ4n) is 2.01. The van der Waals surface area contributed by atoms with E-state index in [0.717, 1.165) is 9.75 Å². The van der Waals surface area contributed by atoms with E-state index in [1.807, 2.05) is 6.92 Å². The van der Waals surface area contributed by atoms with Crippen molar-refractivity contribution in [2.75, 3.05) is 18.5 Å². The van der Waals surface area contributed by atoms with Crippen LogP contribution in [0.2, 0.25) is 0 Å². The number of ether oxygens (including phenoxy) is 1. The molecule has 0 saturated carbocycles. The number of carbonyl (C=O) groups excluding carboxylic acids is 3. The van der Waals surface area contributed by atoms with Crippen molar-refractivity contribution in [1.82, 2.24) is 5.32 Å². The summed E-state index contributed by atoms with van der Waals surface area (Å²) in [6.07, 6.45) is 0. The van der Waals surface area contributed by atoms with Gasteiger partial charge in [-0.25, -0.2) is 9.18 Å². The molecule has 2 aromatic rings. The molecule has 1 aromatic carbocycles. The largest absolute Gasteiger partial charge is 0.452 e. The fraction of sp³-hybridized carbons (Fsp3) is 0.235. The molecular formula is C17H17FN2O4S. The van der Waals surface area contributed by atoms with Crippen molar-refractivity contribution in [3.05, 3.63) is 51.5 Å². The lowest BCUT2D eigenvalue weighted by Gasteiger charge is -2.07. The zero-order valence-electron chi connectivity index (χ0n) is 13.7. The van der Waals surface area contributed by atoms with E-state index in [1.54, 1.807) is 13.0 Å². The summed E-state index contributed by atoms with van der Waals surface area (Å²) in [5.74, 6) is -2.06. The van der Waals surface area contributed by atoms with E-state index < -0.39 is 30.2 Å². The van der Waals surface area contributed by atoms with Gasteiger partial charge in [-0.3, -0.25) is 9.59 Å². The second kappa shape index (κ2) is 8.39. The molecule has 132 valence electrons. The molecule has 0 radical (unpaired) electrons. The summed E-state index contributed by atoms with van der Waals surface area (Å²) in [7, 11) is 0. The smallest absolute Gasteiger partial charge is 0.339 e. The Bertz CT molecular complexity index is 786. The molecule has 0 spiro atoms. The van der Waals surface area contributed by atoms with E-state index in [4.69, 9.17) is 4.74 Å². The van der Waals surface area contributed by atoms with Gasteiger partial charge in [-0.05, 0) is 44.2 Å². The Balaban J connectivity index is 1.73. The van der Waals surface area contributed by atoms with Gasteiger partial charge in [0.05, 0.1) is 12.1 Å². The van der Waals surface area contributed by atoms with Crippen LogP contribution >= 0.6 is 11.3 Å². The van der Waals surface area contributed by atoms with Crippen molar-refractivity contribution in [2.24, 2.45) is 0 Å². The summed E-state index contributed by atoms with van der Waals surface area (Å²) in [5, 5.41) is 4.84. The van der Waals surface area contributed by atoms with Crippen LogP contribution in [0.3, 0.4) is 0 Å². The first-order valence-electron chi connectivity index (χ1n) is 7.41. The Kier molecular flexibility index (Phi) is 6.24. The molecule has 0 unspecified atom stereocenters. The van der Waals surface area contributed by atoms with Gasteiger partial charge in [0.1, 0.15) is 5.82 Å². The van der Waals surface area contributed by atoms with Gasteiger partial charge >= 0.3 is 5.97 Å². The van der Waals surface area contributed by atoms with Gasteiger partial charge in [-0.1, -0.05) is 0 Å². The molecule has 0 saturated heterocycles. The Morgan fingerprint density at radius 1 is 1.12 bits per heavy atom. The highest BCUT2D eigenvalue weighted by atomic mass is 32.1. The highest BCUT2D eigenvalue weighted by molar-refractivity contribution is 7.12. The predicted octanol–water partition coefficient (Wildman–Crippen LogP) is 2.42. The minimum atomic E-state index is -0.591. The topological polar surface area (TPSA) is 84.5 Å². The molecular weight excluding hydrogens is 347 g/mol. The van der Waals surface area contributed by atoms with Crippen LogP contribution in [-0.4, -0.2) is 30.9 Å². The second-order valence-electron chi connectivity index (χ2n) is 5.23. The number of hydrogen-bond donors (Lipinski definition) is 2. The van der Waals surface area contributed by atoms with Gasteiger partial charge in [0, 0.05) is 15.4 Å². The van der Waals surface area contributed by atoms with Crippen LogP contribution in [-0.2, 0) is 14.3 Å². The van der Waals surface area contributed by atoms with Crippen LogP contribution in [0.25, 0.3) is 0 Å². The average molecular weight is 364 g/mol. The van der Waals surface area contributed by atoms with Crippen molar-refractivity contribution in [3.8, 4) is 0 Å². The molecule has 0 aliphatic rings. The monoisotopic (exact) mass is 364 g/mol. The third kappa shape index (κ3) is 5.68. The van der Waals surface area contributed by atoms with Crippen molar-refractivity contribution >= 4 is 34.8 Å². The van der Waals surface area contributed by atoms with Crippen LogP contribution in [0.15, 0.2) is 30.3 Å². The second-order valence-corrected chi connectivity index (χ2v) is 6.70. The van der Waals surface area contributed by atoms with Gasteiger partial charge in [-0.2, -0.15) is 0 Å². The highest BCUT2D eigenvalue weighted by Crippen LogP contribution is 2.21. The standard InChI is InChI=1S/C17H17FN2O4S/c1-10-7-14(11(2)25-10)17(23)24-9-16(22)19-8-15(21)20-13-5-3-12(18)4-6-13/h3-7H,8-9H2,1-2H3,(H,19,22)(H,20,21). The van der Waals surface area contributed by atoms with E-state index in [2.05, 4.69) is 10.6 Å². The van der Waals surface area contributed by atoms with E-state index in [1.165, 1.54) is 35.6 Å². The number of thiophene rings is 1. The maximum Gasteiger partial charge on any atom is 0.339 e. The van der Waals surface area contributed by atoms with E-state index in [9.17, 15) is 18.8 Å². The van der Waals surface area contributed by atoms with Crippen LogP contribution in [0.1, 0.15) is 20.1 Å². The van der Waals surface area contributed by atoms with Crippen molar-refractivity contribution in [1.29, 1.82) is 0 Å². The van der Waals surface area contributed by atoms with Crippen LogP contribution < -0.4 is 10.6 Å². The summed E-state index contributed by atoms with van der Waals surface area (Å²) in [6, 6.07) is 6.93. The lowest BCUT2D eigenvalue weighted by molar-refractivity contribution is -0.126. The van der Waals surface area contributed by atoms with Gasteiger partial charge in [0.15, 0.2) is 6.61 Å². The molecule has 0 fully saturated rings. The quantitative estimate of drug-likeness (QED) is 0.771. The van der Waals surface area contributed by atoms with Gasteiger partial charge in [-0.15, -0.1) is 11.3 Å². The van der Waals surface area contributed by atoms with Crippen molar-refractivity contribution in [3.63, 3.8) is 0 Å². The number of benzene rings is 1. The number of aryl methyl sites for hydroxylation is 2. The van der Waals surface area contributed by atoms with E-state index in [0.29, 0.717) is 11.3 Å². The van der Waals surface area contributed by atoms with Gasteiger partial charge < -0.3 is 15.4 Å². The normalized spacial score (nSPS) is 10.2. The first-order valence-corrected chi connectivity index (χ1v) is 8.23. The third-order valence-electron chi connectivity index (χ3n) is 3.17. The highest BCUT2D eigenvalue weighted by Gasteiger charge is 2.15. The summed E-state index contributed by atoms with van der Waals surface area (Å²) in [6.45, 7) is 2.91. The number of esters is 1. The molecule has 6 nitrogen and oxygen atoms in total. The molecule has 0 aliphatic carbocycles. The molecule has 2 N–H and O–H groups in total. The fourth-order valence-corrected chi connectivity index (χ4v) is 2.92. The SMILES string of the molecule is Cc1cc(C(=O)OCC(=O)NCC(=O)Nc2ccc(F)cc2)c(C)s1. The summed E-state index contributed by atoms with van der Waals surface area (Å²) in [5.41, 5.74) is 0.847. The van der Waals surface area contributed by atoms with Crippen LogP contribution in [0.4, 0.5) is 10.1 Å². The molecule has 25 heavy (non-hydrogen) atoms. The number of halogens is 1. The van der Waals surface area contributed by atoms with Crippen molar-refractivity contribution < 1.29 is 23.5 Å². The number of amides is 2. The molecule has 2 amide bonds. The molecule has 2 rings (SSSR count). The maximum absolute atomic E-state index is 12.8. The molecule has 0 aliphatic heterocycles. The van der Waals surface area contributed by atoms with Gasteiger partial charge in [0.2, 0.25) is 5.91 Å². The first-order chi connectivity index (χ1) is 11.8. The molecule has 8 heteroatoms. The third-order valence-corrected chi connectivity index (χ3v) is 4.14. The summed E-state index contributed by atoms with van der Waals surface area (Å²) in [4.78, 5) is 37.0. The van der Waals surface area contributed by atoms with Crippen LogP contribution in [0.5, 0.6) is 0 Å². The Morgan fingerprint density at radius 2 is 1.80 bits per heavy atom. The number of anilines is 1. The molecule has 1 heterocycles. The maximum atomic E-state index is 12.8. The zero-order chi connectivity index (χ0) is 18.4. The summed E-state index contributed by atoms with van der Waals surface area (Å²) < 4.78 is 17.7. The minimum Gasteiger partial charge on any atom is -0.452 e. The number of nitrogens with one attached hydrogen (secondary N) is 2. The van der Waals surface area contributed by atoms with Crippen molar-refractivity contribution in [2.45, 2.75) is 13.8 Å². The molecule has 0 atom stereocenters. The van der Waals surface area contributed by atoms with Crippen LogP contribution in [0, 0.1) is 19.7 Å². The van der Waals surface area contributed by atoms with E-state index in [-0.39, 0.29) is 6.54 Å². The Hall–Kier alpha value is -2.74. The number of rotatable bonds is 6. The van der Waals surface area contributed by atoms with Gasteiger partial charge in [0.25, 0.3) is 5.91 Å².